The second-order valence-electron chi connectivity index (χ2n) is 6.97. The fraction of sp³-hybridized carbons (Fsp3) is 0.474. The SMILES string of the molecule is C[C@@H]1CCc2sc(C(=O)N3CCN(C(=O)c4cccs4)CC3)cc2C1. The summed E-state index contributed by atoms with van der Waals surface area (Å²) in [6.45, 7) is 4.75. The number of nitrogens with zero attached hydrogens (tertiary/aromatic N) is 2. The van der Waals surface area contributed by atoms with Crippen LogP contribution in [0, 0.1) is 5.92 Å². The Morgan fingerprint density at radius 2 is 1.76 bits per heavy atom. The molecule has 0 unspecified atom stereocenters. The van der Waals surface area contributed by atoms with Crippen molar-refractivity contribution in [2.75, 3.05) is 26.2 Å². The molecule has 0 saturated carbocycles. The number of amides is 2. The Morgan fingerprint density at radius 1 is 1.08 bits per heavy atom. The standard InChI is InChI=1S/C19H22N2O2S2/c1-13-4-5-15-14(11-13)12-17(25-15)19(23)21-8-6-20(7-9-21)18(22)16-3-2-10-24-16/h2-3,10,12-13H,4-9,11H2,1H3/t13-/m1/s1. The van der Waals surface area contributed by atoms with E-state index in [1.807, 2.05) is 27.3 Å². The van der Waals surface area contributed by atoms with Crippen LogP contribution in [0.25, 0.3) is 0 Å². The van der Waals surface area contributed by atoms with Gasteiger partial charge in [-0.25, -0.2) is 0 Å². The monoisotopic (exact) mass is 374 g/mol. The van der Waals surface area contributed by atoms with Gasteiger partial charge in [0.25, 0.3) is 11.8 Å². The van der Waals surface area contributed by atoms with Crippen LogP contribution < -0.4 is 0 Å². The Balaban J connectivity index is 1.39. The Kier molecular flexibility index (Phi) is 4.65. The maximum atomic E-state index is 12.8. The second kappa shape index (κ2) is 6.92. The quantitative estimate of drug-likeness (QED) is 0.807. The molecule has 1 aliphatic heterocycles. The van der Waals surface area contributed by atoms with Gasteiger partial charge in [0.2, 0.25) is 0 Å². The van der Waals surface area contributed by atoms with Crippen LogP contribution >= 0.6 is 22.7 Å². The summed E-state index contributed by atoms with van der Waals surface area (Å²) in [4.78, 5) is 32.1. The van der Waals surface area contributed by atoms with E-state index in [-0.39, 0.29) is 11.8 Å². The zero-order chi connectivity index (χ0) is 17.4. The van der Waals surface area contributed by atoms with Gasteiger partial charge in [0.15, 0.2) is 0 Å². The van der Waals surface area contributed by atoms with Gasteiger partial charge in [-0.1, -0.05) is 13.0 Å². The Morgan fingerprint density at radius 3 is 2.40 bits per heavy atom. The number of piperazine rings is 1. The third-order valence-corrected chi connectivity index (χ3v) is 7.21. The largest absolute Gasteiger partial charge is 0.334 e. The summed E-state index contributed by atoms with van der Waals surface area (Å²) in [5.41, 5.74) is 1.37. The summed E-state index contributed by atoms with van der Waals surface area (Å²) in [6.07, 6.45) is 3.43. The molecule has 132 valence electrons. The van der Waals surface area contributed by atoms with Crippen molar-refractivity contribution in [3.8, 4) is 0 Å². The molecule has 0 spiro atoms. The maximum absolute atomic E-state index is 12.8. The third-order valence-electron chi connectivity index (χ3n) is 5.13. The van der Waals surface area contributed by atoms with E-state index in [2.05, 4.69) is 13.0 Å². The van der Waals surface area contributed by atoms with Crippen molar-refractivity contribution >= 4 is 34.5 Å². The first kappa shape index (κ1) is 16.8. The highest BCUT2D eigenvalue weighted by Crippen LogP contribution is 2.32. The molecule has 0 bridgehead atoms. The molecule has 4 nitrogen and oxygen atoms in total. The average molecular weight is 375 g/mol. The first-order valence-electron chi connectivity index (χ1n) is 8.85. The third kappa shape index (κ3) is 3.37. The normalized spacial score (nSPS) is 20.4. The molecule has 2 aliphatic rings. The first-order chi connectivity index (χ1) is 12.1. The molecule has 2 amide bonds. The van der Waals surface area contributed by atoms with Crippen LogP contribution in [0.5, 0.6) is 0 Å². The van der Waals surface area contributed by atoms with Gasteiger partial charge in [-0.3, -0.25) is 9.59 Å². The predicted molar refractivity (Wildman–Crippen MR) is 102 cm³/mol. The summed E-state index contributed by atoms with van der Waals surface area (Å²) in [5, 5.41) is 1.92. The minimum absolute atomic E-state index is 0.0858. The molecular formula is C19H22N2O2S2. The minimum atomic E-state index is 0.0858. The minimum Gasteiger partial charge on any atom is -0.334 e. The van der Waals surface area contributed by atoms with Crippen LogP contribution in [0.1, 0.15) is 43.1 Å². The van der Waals surface area contributed by atoms with E-state index >= 15 is 0 Å². The zero-order valence-electron chi connectivity index (χ0n) is 14.4. The molecule has 3 heterocycles. The van der Waals surface area contributed by atoms with Crippen LogP contribution in [-0.4, -0.2) is 47.8 Å². The Bertz CT molecular complexity index is 773. The van der Waals surface area contributed by atoms with Crippen molar-refractivity contribution in [1.29, 1.82) is 0 Å². The van der Waals surface area contributed by atoms with Crippen LogP contribution in [-0.2, 0) is 12.8 Å². The van der Waals surface area contributed by atoms with Gasteiger partial charge in [-0.2, -0.15) is 0 Å². The smallest absolute Gasteiger partial charge is 0.264 e. The Labute approximate surface area is 156 Å². The summed E-state index contributed by atoms with van der Waals surface area (Å²) in [6, 6.07) is 5.87. The molecule has 0 N–H and O–H groups in total. The lowest BCUT2D eigenvalue weighted by Crippen LogP contribution is -2.50. The average Bonchev–Trinajstić information content (AvgIpc) is 3.30. The molecule has 2 aromatic heterocycles. The van der Waals surface area contributed by atoms with E-state index in [1.54, 1.807) is 11.3 Å². The fourth-order valence-electron chi connectivity index (χ4n) is 3.64. The lowest BCUT2D eigenvalue weighted by molar-refractivity contribution is 0.0540. The van der Waals surface area contributed by atoms with E-state index in [0.717, 1.165) is 28.5 Å². The molecule has 0 radical (unpaired) electrons. The van der Waals surface area contributed by atoms with E-state index in [1.165, 1.54) is 28.2 Å². The highest BCUT2D eigenvalue weighted by Gasteiger charge is 2.28. The maximum Gasteiger partial charge on any atom is 0.264 e. The van der Waals surface area contributed by atoms with Gasteiger partial charge in [0, 0.05) is 31.1 Å². The van der Waals surface area contributed by atoms with Gasteiger partial charge in [-0.05, 0) is 48.3 Å². The summed E-state index contributed by atoms with van der Waals surface area (Å²) in [5.74, 6) is 0.940. The molecule has 4 rings (SSSR count). The van der Waals surface area contributed by atoms with Gasteiger partial charge in [-0.15, -0.1) is 22.7 Å². The van der Waals surface area contributed by atoms with Crippen LogP contribution in [0.3, 0.4) is 0 Å². The number of rotatable bonds is 2. The molecule has 1 atom stereocenters. The summed E-state index contributed by atoms with van der Waals surface area (Å²) in [7, 11) is 0. The molecule has 1 fully saturated rings. The highest BCUT2D eigenvalue weighted by atomic mass is 32.1. The summed E-state index contributed by atoms with van der Waals surface area (Å²) < 4.78 is 0. The number of thiophene rings is 2. The molecule has 25 heavy (non-hydrogen) atoms. The fourth-order valence-corrected chi connectivity index (χ4v) is 5.50. The molecular weight excluding hydrogens is 352 g/mol. The molecule has 1 saturated heterocycles. The van der Waals surface area contributed by atoms with E-state index in [0.29, 0.717) is 26.2 Å². The molecule has 0 aromatic carbocycles. The van der Waals surface area contributed by atoms with Crippen molar-refractivity contribution in [1.82, 2.24) is 9.80 Å². The van der Waals surface area contributed by atoms with Gasteiger partial charge in [0.1, 0.15) is 0 Å². The highest BCUT2D eigenvalue weighted by molar-refractivity contribution is 7.14. The number of aryl methyl sites for hydroxylation is 1. The lowest BCUT2D eigenvalue weighted by Gasteiger charge is -2.34. The summed E-state index contributed by atoms with van der Waals surface area (Å²) >= 11 is 3.15. The number of hydrogen-bond donors (Lipinski definition) is 0. The molecule has 1 aliphatic carbocycles. The number of carbonyl (C=O) groups is 2. The Hall–Kier alpha value is -1.66. The lowest BCUT2D eigenvalue weighted by atomic mass is 9.90. The number of hydrogen-bond acceptors (Lipinski definition) is 4. The first-order valence-corrected chi connectivity index (χ1v) is 10.5. The predicted octanol–water partition coefficient (Wildman–Crippen LogP) is 3.53. The van der Waals surface area contributed by atoms with E-state index < -0.39 is 0 Å². The van der Waals surface area contributed by atoms with Gasteiger partial charge >= 0.3 is 0 Å². The van der Waals surface area contributed by atoms with Crippen molar-refractivity contribution in [2.45, 2.75) is 26.2 Å². The molecule has 6 heteroatoms. The van der Waals surface area contributed by atoms with E-state index in [9.17, 15) is 9.59 Å². The second-order valence-corrected chi connectivity index (χ2v) is 9.05. The van der Waals surface area contributed by atoms with Crippen molar-refractivity contribution in [3.63, 3.8) is 0 Å². The van der Waals surface area contributed by atoms with Crippen LogP contribution in [0.4, 0.5) is 0 Å². The zero-order valence-corrected chi connectivity index (χ0v) is 16.0. The van der Waals surface area contributed by atoms with Gasteiger partial charge in [0.05, 0.1) is 9.75 Å². The van der Waals surface area contributed by atoms with Crippen LogP contribution in [0.15, 0.2) is 23.6 Å². The van der Waals surface area contributed by atoms with Crippen LogP contribution in [0.2, 0.25) is 0 Å². The van der Waals surface area contributed by atoms with Crippen molar-refractivity contribution in [3.05, 3.63) is 43.8 Å². The van der Waals surface area contributed by atoms with Crippen molar-refractivity contribution in [2.24, 2.45) is 5.92 Å². The van der Waals surface area contributed by atoms with E-state index in [4.69, 9.17) is 0 Å². The number of carbonyl (C=O) groups excluding carboxylic acids is 2. The van der Waals surface area contributed by atoms with Crippen molar-refractivity contribution < 1.29 is 9.59 Å². The molecule has 2 aromatic rings. The van der Waals surface area contributed by atoms with Gasteiger partial charge < -0.3 is 9.80 Å². The topological polar surface area (TPSA) is 40.6 Å². The number of fused-ring (bicyclic) bond motifs is 1.